The molecule has 1 amide bonds. The summed E-state index contributed by atoms with van der Waals surface area (Å²) in [7, 11) is 0. The lowest BCUT2D eigenvalue weighted by Crippen LogP contribution is -2.41. The summed E-state index contributed by atoms with van der Waals surface area (Å²) in [5, 5.41) is 13.0. The van der Waals surface area contributed by atoms with E-state index in [1.807, 2.05) is 0 Å². The van der Waals surface area contributed by atoms with Gasteiger partial charge in [-0.05, 0) is 37.5 Å². The highest BCUT2D eigenvalue weighted by atomic mass is 35.5. The number of carbonyl (C=O) groups is 1. The molecule has 2 N–H and O–H groups in total. The largest absolute Gasteiger partial charge is 0.507 e. The molecule has 2 fully saturated rings. The van der Waals surface area contributed by atoms with Crippen molar-refractivity contribution < 1.29 is 14.6 Å². The van der Waals surface area contributed by atoms with E-state index in [0.29, 0.717) is 11.1 Å². The second-order valence-corrected chi connectivity index (χ2v) is 5.29. The van der Waals surface area contributed by atoms with Gasteiger partial charge in [0.05, 0.1) is 23.8 Å². The van der Waals surface area contributed by atoms with Crippen molar-refractivity contribution in [3.8, 4) is 5.75 Å². The molecule has 2 bridgehead atoms. The molecule has 3 unspecified atom stereocenters. The first-order chi connectivity index (χ1) is 8.63. The van der Waals surface area contributed by atoms with Gasteiger partial charge >= 0.3 is 0 Å². The van der Waals surface area contributed by atoms with Gasteiger partial charge in [-0.3, -0.25) is 4.79 Å². The second-order valence-electron chi connectivity index (χ2n) is 4.85. The lowest BCUT2D eigenvalue weighted by Gasteiger charge is -2.20. The molecule has 0 spiro atoms. The number of amides is 1. The van der Waals surface area contributed by atoms with E-state index < -0.39 is 0 Å². The average molecular weight is 268 g/mol. The molecule has 2 heterocycles. The Bertz CT molecular complexity index is 491. The third-order valence-electron chi connectivity index (χ3n) is 3.63. The Morgan fingerprint density at radius 1 is 1.44 bits per heavy atom. The van der Waals surface area contributed by atoms with Gasteiger partial charge in [-0.15, -0.1) is 0 Å². The summed E-state index contributed by atoms with van der Waals surface area (Å²) < 4.78 is 5.67. The maximum atomic E-state index is 12.0. The molecule has 5 heteroatoms. The van der Waals surface area contributed by atoms with Gasteiger partial charge in [0.2, 0.25) is 0 Å². The standard InChI is InChI=1S/C13H14ClNO3/c14-7-1-3-9(11(16)5-7)13(17)15-10-6-8-2-4-12(10)18-8/h1,3,5,8,10,12,16H,2,4,6H2,(H,15,17). The van der Waals surface area contributed by atoms with Crippen molar-refractivity contribution in [2.75, 3.05) is 0 Å². The van der Waals surface area contributed by atoms with Crippen LogP contribution in [0.3, 0.4) is 0 Å². The first-order valence-electron chi connectivity index (χ1n) is 6.08. The normalized spacial score (nSPS) is 29.5. The lowest BCUT2D eigenvalue weighted by molar-refractivity contribution is 0.0839. The highest BCUT2D eigenvalue weighted by molar-refractivity contribution is 6.30. The molecule has 2 aliphatic heterocycles. The molecule has 1 aromatic rings. The van der Waals surface area contributed by atoms with E-state index >= 15 is 0 Å². The minimum Gasteiger partial charge on any atom is -0.507 e. The Morgan fingerprint density at radius 3 is 2.89 bits per heavy atom. The highest BCUT2D eigenvalue weighted by Gasteiger charge is 2.41. The summed E-state index contributed by atoms with van der Waals surface area (Å²) in [6.07, 6.45) is 3.38. The topological polar surface area (TPSA) is 58.6 Å². The molecule has 18 heavy (non-hydrogen) atoms. The fourth-order valence-electron chi connectivity index (χ4n) is 2.73. The number of hydrogen-bond acceptors (Lipinski definition) is 3. The van der Waals surface area contributed by atoms with Crippen molar-refractivity contribution in [1.82, 2.24) is 5.32 Å². The highest BCUT2D eigenvalue weighted by Crippen LogP contribution is 2.34. The van der Waals surface area contributed by atoms with Gasteiger partial charge < -0.3 is 15.2 Å². The quantitative estimate of drug-likeness (QED) is 0.863. The number of hydrogen-bond donors (Lipinski definition) is 2. The molecule has 0 aromatic heterocycles. The molecule has 1 aromatic carbocycles. The fourth-order valence-corrected chi connectivity index (χ4v) is 2.90. The number of nitrogens with one attached hydrogen (secondary N) is 1. The van der Waals surface area contributed by atoms with E-state index in [9.17, 15) is 9.90 Å². The molecule has 96 valence electrons. The fraction of sp³-hybridized carbons (Fsp3) is 0.462. The number of aromatic hydroxyl groups is 1. The van der Waals surface area contributed by atoms with E-state index in [0.717, 1.165) is 19.3 Å². The van der Waals surface area contributed by atoms with Gasteiger partial charge in [-0.25, -0.2) is 0 Å². The predicted molar refractivity (Wildman–Crippen MR) is 66.9 cm³/mol. The SMILES string of the molecule is O=C(NC1CC2CCC1O2)c1ccc(Cl)cc1O. The zero-order valence-electron chi connectivity index (χ0n) is 9.73. The van der Waals surface area contributed by atoms with Gasteiger partial charge in [0.15, 0.2) is 0 Å². The van der Waals surface area contributed by atoms with E-state index in [2.05, 4.69) is 5.32 Å². The van der Waals surface area contributed by atoms with Gasteiger partial charge in [0.1, 0.15) is 5.75 Å². The summed E-state index contributed by atoms with van der Waals surface area (Å²) >= 11 is 5.73. The molecular weight excluding hydrogens is 254 g/mol. The average Bonchev–Trinajstić information content (AvgIpc) is 2.90. The molecule has 3 rings (SSSR count). The van der Waals surface area contributed by atoms with Gasteiger partial charge in [0.25, 0.3) is 5.91 Å². The minimum atomic E-state index is -0.273. The van der Waals surface area contributed by atoms with Crippen molar-refractivity contribution in [2.45, 2.75) is 37.5 Å². The van der Waals surface area contributed by atoms with E-state index in [1.165, 1.54) is 12.1 Å². The summed E-state index contributed by atoms with van der Waals surface area (Å²) in [5.74, 6) is -0.366. The van der Waals surface area contributed by atoms with Crippen molar-refractivity contribution in [2.24, 2.45) is 0 Å². The van der Waals surface area contributed by atoms with Crippen LogP contribution in [0.2, 0.25) is 5.02 Å². The van der Waals surface area contributed by atoms with E-state index in [1.54, 1.807) is 6.07 Å². The predicted octanol–water partition coefficient (Wildman–Crippen LogP) is 2.10. The lowest BCUT2D eigenvalue weighted by atomic mass is 9.95. The number of rotatable bonds is 2. The number of phenolic OH excluding ortho intramolecular Hbond substituents is 1. The van der Waals surface area contributed by atoms with Gasteiger partial charge in [0, 0.05) is 5.02 Å². The van der Waals surface area contributed by atoms with Crippen LogP contribution in [-0.4, -0.2) is 29.3 Å². The Balaban J connectivity index is 1.71. The zero-order chi connectivity index (χ0) is 12.7. The molecule has 0 radical (unpaired) electrons. The Labute approximate surface area is 110 Å². The van der Waals surface area contributed by atoms with Gasteiger partial charge in [-0.1, -0.05) is 11.6 Å². The Kier molecular flexibility index (Phi) is 2.92. The van der Waals surface area contributed by atoms with Crippen molar-refractivity contribution in [1.29, 1.82) is 0 Å². The van der Waals surface area contributed by atoms with Gasteiger partial charge in [-0.2, -0.15) is 0 Å². The zero-order valence-corrected chi connectivity index (χ0v) is 10.5. The monoisotopic (exact) mass is 267 g/mol. The molecule has 3 atom stereocenters. The minimum absolute atomic E-state index is 0.0614. The third kappa shape index (κ3) is 2.06. The van der Waals surface area contributed by atoms with Crippen LogP contribution in [0, 0.1) is 0 Å². The molecule has 2 saturated heterocycles. The summed E-state index contributed by atoms with van der Waals surface area (Å²) in [6, 6.07) is 4.55. The number of halogens is 1. The van der Waals surface area contributed by atoms with Crippen molar-refractivity contribution >= 4 is 17.5 Å². The summed E-state index contributed by atoms with van der Waals surface area (Å²) in [5.41, 5.74) is 0.252. The van der Waals surface area contributed by atoms with Crippen LogP contribution >= 0.6 is 11.6 Å². The van der Waals surface area contributed by atoms with E-state index in [-0.39, 0.29) is 29.4 Å². The van der Waals surface area contributed by atoms with Crippen LogP contribution in [0.25, 0.3) is 0 Å². The Morgan fingerprint density at radius 2 is 2.28 bits per heavy atom. The first kappa shape index (κ1) is 11.8. The van der Waals surface area contributed by atoms with Crippen LogP contribution in [0.1, 0.15) is 29.6 Å². The van der Waals surface area contributed by atoms with Crippen LogP contribution < -0.4 is 5.32 Å². The molecule has 4 nitrogen and oxygen atoms in total. The summed E-state index contributed by atoms with van der Waals surface area (Å²) in [4.78, 5) is 12.0. The van der Waals surface area contributed by atoms with Crippen LogP contribution in [-0.2, 0) is 4.74 Å². The maximum Gasteiger partial charge on any atom is 0.255 e. The van der Waals surface area contributed by atoms with Crippen molar-refractivity contribution in [3.05, 3.63) is 28.8 Å². The molecular formula is C13H14ClNO3. The van der Waals surface area contributed by atoms with Crippen LogP contribution in [0.5, 0.6) is 5.75 Å². The molecule has 0 saturated carbocycles. The number of fused-ring (bicyclic) bond motifs is 2. The second kappa shape index (κ2) is 4.44. The van der Waals surface area contributed by atoms with Crippen LogP contribution in [0.4, 0.5) is 0 Å². The molecule has 2 aliphatic rings. The maximum absolute atomic E-state index is 12.0. The van der Waals surface area contributed by atoms with Crippen molar-refractivity contribution in [3.63, 3.8) is 0 Å². The first-order valence-corrected chi connectivity index (χ1v) is 6.46. The number of benzene rings is 1. The number of carbonyl (C=O) groups excluding carboxylic acids is 1. The number of phenols is 1. The summed E-state index contributed by atoms with van der Waals surface area (Å²) in [6.45, 7) is 0. The van der Waals surface area contributed by atoms with E-state index in [4.69, 9.17) is 16.3 Å². The smallest absolute Gasteiger partial charge is 0.255 e. The third-order valence-corrected chi connectivity index (χ3v) is 3.86. The Hall–Kier alpha value is -1.26. The molecule has 0 aliphatic carbocycles. The number of ether oxygens (including phenoxy) is 1. The van der Waals surface area contributed by atoms with Crippen LogP contribution in [0.15, 0.2) is 18.2 Å².